The summed E-state index contributed by atoms with van der Waals surface area (Å²) < 4.78 is 1.17. The van der Waals surface area contributed by atoms with Gasteiger partial charge in [-0.15, -0.1) is 0 Å². The van der Waals surface area contributed by atoms with Crippen LogP contribution in [-0.4, -0.2) is 19.1 Å². The minimum absolute atomic E-state index is 0.262. The fraction of sp³-hybridized carbons (Fsp3) is 0. The van der Waals surface area contributed by atoms with Crippen LogP contribution in [0.4, 0.5) is 0 Å². The lowest BCUT2D eigenvalue weighted by atomic mass is 10.6. The van der Waals surface area contributed by atoms with Gasteiger partial charge in [0, 0.05) is 12.1 Å². The molecule has 0 aliphatic carbocycles. The van der Waals surface area contributed by atoms with E-state index in [1.807, 2.05) is 0 Å². The number of aromatic hydroxyl groups is 2. The highest BCUT2D eigenvalue weighted by atomic mass is 32.1. The molecule has 0 saturated carbocycles. The molecule has 0 saturated heterocycles. The highest BCUT2D eigenvalue weighted by Gasteiger charge is 2.09. The van der Waals surface area contributed by atoms with E-state index in [1.54, 1.807) is 0 Å². The van der Waals surface area contributed by atoms with E-state index in [9.17, 15) is 0 Å². The van der Waals surface area contributed by atoms with Gasteiger partial charge in [0.1, 0.15) is 0 Å². The first-order valence-corrected chi connectivity index (χ1v) is 2.78. The van der Waals surface area contributed by atoms with Crippen molar-refractivity contribution in [1.82, 2.24) is 4.68 Å². The molecule has 0 fully saturated rings. The highest BCUT2D eigenvalue weighted by Crippen LogP contribution is 2.19. The SMILES string of the molecule is N=[N+]([S-])n1c(O)ccc1O. The van der Waals surface area contributed by atoms with E-state index in [-0.39, 0.29) is 11.8 Å². The summed E-state index contributed by atoms with van der Waals surface area (Å²) in [6.07, 6.45) is 0. The lowest BCUT2D eigenvalue weighted by Gasteiger charge is -2.00. The Morgan fingerprint density at radius 2 is 1.80 bits per heavy atom. The fourth-order valence-corrected chi connectivity index (χ4v) is 0.761. The summed E-state index contributed by atoms with van der Waals surface area (Å²) in [5, 5.41) is 17.8. The van der Waals surface area contributed by atoms with Crippen LogP contribution in [-0.2, 0) is 12.8 Å². The Kier molecular flexibility index (Phi) is 1.46. The molecule has 1 rings (SSSR count). The zero-order valence-electron chi connectivity index (χ0n) is 4.85. The number of aromatic nitrogens is 1. The van der Waals surface area contributed by atoms with E-state index in [0.717, 1.165) is 4.68 Å². The minimum atomic E-state index is -0.262. The Morgan fingerprint density at radius 3 is 2.00 bits per heavy atom. The molecule has 10 heavy (non-hydrogen) atoms. The summed E-state index contributed by atoms with van der Waals surface area (Å²) in [4.78, 5) is 0. The van der Waals surface area contributed by atoms with Crippen molar-refractivity contribution in [1.29, 1.82) is 5.53 Å². The van der Waals surface area contributed by atoms with E-state index in [1.165, 1.54) is 12.1 Å². The van der Waals surface area contributed by atoms with Gasteiger partial charge in [0.25, 0.3) is 11.8 Å². The maximum absolute atomic E-state index is 8.88. The van der Waals surface area contributed by atoms with Crippen molar-refractivity contribution < 1.29 is 14.4 Å². The molecule has 0 unspecified atom stereocenters. The molecular formula is C4H5N3O2S. The van der Waals surface area contributed by atoms with Crippen LogP contribution in [0, 0.1) is 5.53 Å². The molecule has 0 aliphatic rings. The third-order valence-corrected chi connectivity index (χ3v) is 1.16. The molecule has 0 atom stereocenters. The van der Waals surface area contributed by atoms with E-state index >= 15 is 0 Å². The largest absolute Gasteiger partial charge is 0.491 e. The van der Waals surface area contributed by atoms with Crippen LogP contribution in [0.5, 0.6) is 11.8 Å². The summed E-state index contributed by atoms with van der Waals surface area (Å²) in [5.41, 5.74) is 6.81. The average molecular weight is 159 g/mol. The van der Waals surface area contributed by atoms with Gasteiger partial charge in [0.2, 0.25) is 0 Å². The lowest BCUT2D eigenvalue weighted by molar-refractivity contribution is -0.515. The Balaban J connectivity index is 3.23. The lowest BCUT2D eigenvalue weighted by Crippen LogP contribution is -2.06. The molecule has 0 bridgehead atoms. The number of hydrogen-bond donors (Lipinski definition) is 3. The second kappa shape index (κ2) is 2.14. The van der Waals surface area contributed by atoms with Crippen molar-refractivity contribution in [3.63, 3.8) is 0 Å². The minimum Gasteiger partial charge on any atom is -0.491 e. The van der Waals surface area contributed by atoms with Crippen molar-refractivity contribution in [2.24, 2.45) is 0 Å². The Morgan fingerprint density at radius 1 is 1.40 bits per heavy atom. The summed E-state index contributed by atoms with van der Waals surface area (Å²) in [6, 6.07) is 2.48. The standard InChI is InChI=1S/C4H5N3O2S/c5-7(10)6-3(8)1-2-4(6)9/h1-2,5,8-9H. The second-order valence-electron chi connectivity index (χ2n) is 1.63. The monoisotopic (exact) mass is 159 g/mol. The number of rotatable bonds is 1. The van der Waals surface area contributed by atoms with Gasteiger partial charge < -0.3 is 23.0 Å². The Bertz CT molecular complexity index is 250. The maximum atomic E-state index is 8.88. The molecule has 1 aromatic rings. The van der Waals surface area contributed by atoms with Gasteiger partial charge in [-0.3, -0.25) is 0 Å². The molecule has 0 amide bonds. The van der Waals surface area contributed by atoms with Crippen LogP contribution in [0.2, 0.25) is 0 Å². The number of hydrogen-bond acceptors (Lipinski definition) is 4. The van der Waals surface area contributed by atoms with Crippen LogP contribution in [0.1, 0.15) is 0 Å². The second-order valence-corrected chi connectivity index (χ2v) is 1.98. The van der Waals surface area contributed by atoms with Crippen molar-refractivity contribution in [3.8, 4) is 11.8 Å². The first kappa shape index (κ1) is 6.81. The summed E-state index contributed by atoms with van der Waals surface area (Å²) >= 11 is 4.32. The predicted octanol–water partition coefficient (Wildman–Crippen LogP) is 0.168. The highest BCUT2D eigenvalue weighted by molar-refractivity contribution is 7.51. The molecule has 54 valence electrons. The van der Waals surface area contributed by atoms with Gasteiger partial charge in [-0.05, 0) is 10.2 Å². The smallest absolute Gasteiger partial charge is 0.255 e. The van der Waals surface area contributed by atoms with E-state index in [4.69, 9.17) is 15.7 Å². The van der Waals surface area contributed by atoms with Crippen LogP contribution in [0.25, 0.3) is 0 Å². The number of nitrogens with zero attached hydrogens (tertiary/aromatic N) is 2. The normalized spacial score (nSPS) is 9.60. The summed E-state index contributed by atoms with van der Waals surface area (Å²) in [7, 11) is 0. The predicted molar refractivity (Wildman–Crippen MR) is 33.5 cm³/mol. The van der Waals surface area contributed by atoms with E-state index in [0.29, 0.717) is 4.21 Å². The molecule has 0 aliphatic heterocycles. The molecular weight excluding hydrogens is 154 g/mol. The third-order valence-electron chi connectivity index (χ3n) is 0.997. The van der Waals surface area contributed by atoms with E-state index in [2.05, 4.69) is 12.8 Å². The number of nitrogens with one attached hydrogen (secondary N) is 1. The zero-order valence-corrected chi connectivity index (χ0v) is 5.67. The first-order chi connectivity index (χ1) is 4.63. The van der Waals surface area contributed by atoms with Gasteiger partial charge in [0.15, 0.2) is 0 Å². The maximum Gasteiger partial charge on any atom is 0.255 e. The van der Waals surface area contributed by atoms with Gasteiger partial charge in [-0.1, -0.05) is 4.21 Å². The van der Waals surface area contributed by atoms with Crippen LogP contribution in [0.3, 0.4) is 0 Å². The molecule has 5 nitrogen and oxygen atoms in total. The average Bonchev–Trinajstić information content (AvgIpc) is 2.11. The topological polar surface area (TPSA) is 72.2 Å². The van der Waals surface area contributed by atoms with Crippen molar-refractivity contribution in [2.45, 2.75) is 0 Å². The fourth-order valence-electron chi connectivity index (χ4n) is 0.594. The summed E-state index contributed by atoms with van der Waals surface area (Å²) in [5.74, 6) is -0.523. The Labute approximate surface area is 62.1 Å². The molecule has 0 aromatic carbocycles. The van der Waals surface area contributed by atoms with Crippen molar-refractivity contribution in [3.05, 3.63) is 12.1 Å². The van der Waals surface area contributed by atoms with Gasteiger partial charge >= 0.3 is 0 Å². The quantitative estimate of drug-likeness (QED) is 0.310. The molecule has 6 heteroatoms. The van der Waals surface area contributed by atoms with Crippen molar-refractivity contribution in [2.75, 3.05) is 0 Å². The Hall–Kier alpha value is -1.30. The van der Waals surface area contributed by atoms with Crippen molar-refractivity contribution >= 4 is 12.8 Å². The van der Waals surface area contributed by atoms with Crippen LogP contribution >= 0.6 is 0 Å². The summed E-state index contributed by atoms with van der Waals surface area (Å²) in [6.45, 7) is 0. The molecule has 0 radical (unpaired) electrons. The van der Waals surface area contributed by atoms with Crippen LogP contribution < -0.4 is 0 Å². The molecule has 0 spiro atoms. The van der Waals surface area contributed by atoms with Gasteiger partial charge in [0.05, 0.1) is 0 Å². The zero-order chi connectivity index (χ0) is 7.72. The molecule has 3 N–H and O–H groups in total. The molecule has 1 aromatic heterocycles. The third kappa shape index (κ3) is 0.883. The molecule has 1 heterocycles. The van der Waals surface area contributed by atoms with Crippen LogP contribution in [0.15, 0.2) is 12.1 Å². The first-order valence-electron chi connectivity index (χ1n) is 2.41. The van der Waals surface area contributed by atoms with E-state index < -0.39 is 0 Å². The van der Waals surface area contributed by atoms with Gasteiger partial charge in [-0.25, -0.2) is 0 Å². The van der Waals surface area contributed by atoms with Gasteiger partial charge in [-0.2, -0.15) is 0 Å².